The van der Waals surface area contributed by atoms with Crippen LogP contribution in [0.25, 0.3) is 4.96 Å². The zero-order valence-electron chi connectivity index (χ0n) is 12.4. The molecule has 3 aromatic rings. The lowest BCUT2D eigenvalue weighted by Gasteiger charge is -2.02. The van der Waals surface area contributed by atoms with Gasteiger partial charge in [-0.15, -0.1) is 11.3 Å². The molecule has 3 rings (SSSR count). The van der Waals surface area contributed by atoms with Crippen molar-refractivity contribution in [1.82, 2.24) is 9.38 Å². The standard InChI is InChI=1S/C16H16N4OS2/c17-15(18-7-6-12-4-2-1-3-5-12)23-11-13-10-14(21)20-8-9-22-16(20)19-13/h1-5,8-10H,6-7,11H2,(H2,17,18). The number of nitrogens with two attached hydrogens (primary N) is 1. The normalized spacial score (nSPS) is 11.9. The molecule has 0 unspecified atom stereocenters. The van der Waals surface area contributed by atoms with Gasteiger partial charge in [0, 0.05) is 29.9 Å². The van der Waals surface area contributed by atoms with Gasteiger partial charge in [-0.1, -0.05) is 42.1 Å². The lowest BCUT2D eigenvalue weighted by atomic mass is 10.2. The minimum Gasteiger partial charge on any atom is -0.379 e. The van der Waals surface area contributed by atoms with Gasteiger partial charge in [0.25, 0.3) is 5.56 Å². The second-order valence-electron chi connectivity index (χ2n) is 4.89. The number of aliphatic imine (C=N–C) groups is 1. The van der Waals surface area contributed by atoms with E-state index >= 15 is 0 Å². The highest BCUT2D eigenvalue weighted by Crippen LogP contribution is 2.12. The fourth-order valence-electron chi connectivity index (χ4n) is 2.10. The Balaban J connectivity index is 1.56. The second-order valence-corrected chi connectivity index (χ2v) is 6.75. The smallest absolute Gasteiger partial charge is 0.258 e. The van der Waals surface area contributed by atoms with Gasteiger partial charge in [-0.05, 0) is 12.0 Å². The quantitative estimate of drug-likeness (QED) is 0.570. The molecule has 0 saturated heterocycles. The Morgan fingerprint density at radius 2 is 2.17 bits per heavy atom. The molecule has 2 heterocycles. The Hall–Kier alpha value is -2.12. The topological polar surface area (TPSA) is 72.8 Å². The summed E-state index contributed by atoms with van der Waals surface area (Å²) in [5.41, 5.74) is 7.83. The first-order valence-electron chi connectivity index (χ1n) is 7.15. The van der Waals surface area contributed by atoms with Crippen molar-refractivity contribution >= 4 is 33.2 Å². The van der Waals surface area contributed by atoms with Crippen molar-refractivity contribution in [2.75, 3.05) is 6.54 Å². The van der Waals surface area contributed by atoms with Gasteiger partial charge in [0.1, 0.15) is 0 Å². The summed E-state index contributed by atoms with van der Waals surface area (Å²) in [6.07, 6.45) is 2.59. The molecule has 0 spiro atoms. The number of aromatic nitrogens is 2. The lowest BCUT2D eigenvalue weighted by Crippen LogP contribution is -2.14. The number of amidine groups is 1. The zero-order chi connectivity index (χ0) is 16.1. The van der Waals surface area contributed by atoms with Gasteiger partial charge >= 0.3 is 0 Å². The van der Waals surface area contributed by atoms with Gasteiger partial charge in [0.15, 0.2) is 10.1 Å². The first-order chi connectivity index (χ1) is 11.2. The highest BCUT2D eigenvalue weighted by Gasteiger charge is 2.04. The van der Waals surface area contributed by atoms with Crippen LogP contribution in [0.2, 0.25) is 0 Å². The van der Waals surface area contributed by atoms with Crippen LogP contribution in [-0.4, -0.2) is 21.1 Å². The third-order valence-corrected chi connectivity index (χ3v) is 4.86. The van der Waals surface area contributed by atoms with E-state index in [4.69, 9.17) is 5.73 Å². The van der Waals surface area contributed by atoms with Crippen LogP contribution in [0, 0.1) is 0 Å². The van der Waals surface area contributed by atoms with Crippen LogP contribution in [0.15, 0.2) is 57.8 Å². The van der Waals surface area contributed by atoms with E-state index in [1.807, 2.05) is 23.6 Å². The SMILES string of the molecule is NC(=NCCc1ccccc1)SCc1cc(=O)n2ccsc2n1. The Bertz CT molecular complexity index is 870. The Kier molecular flexibility index (Phi) is 5.09. The highest BCUT2D eigenvalue weighted by atomic mass is 32.2. The fourth-order valence-corrected chi connectivity index (χ4v) is 3.46. The molecule has 0 atom stereocenters. The lowest BCUT2D eigenvalue weighted by molar-refractivity contribution is 0.970. The minimum absolute atomic E-state index is 0.0635. The number of hydrogen-bond acceptors (Lipinski definition) is 5. The maximum Gasteiger partial charge on any atom is 0.258 e. The molecule has 0 aliphatic rings. The molecule has 0 bridgehead atoms. The molecule has 1 aromatic carbocycles. The zero-order valence-corrected chi connectivity index (χ0v) is 14.0. The Labute approximate surface area is 141 Å². The minimum atomic E-state index is -0.0635. The molecule has 5 nitrogen and oxygen atoms in total. The average molecular weight is 344 g/mol. The molecule has 118 valence electrons. The van der Waals surface area contributed by atoms with E-state index < -0.39 is 0 Å². The summed E-state index contributed by atoms with van der Waals surface area (Å²) in [5, 5.41) is 2.37. The Morgan fingerprint density at radius 3 is 3.00 bits per heavy atom. The van der Waals surface area contributed by atoms with Crippen molar-refractivity contribution in [2.45, 2.75) is 12.2 Å². The molecule has 0 fully saturated rings. The largest absolute Gasteiger partial charge is 0.379 e. The predicted molar refractivity (Wildman–Crippen MR) is 97.3 cm³/mol. The maximum atomic E-state index is 11.9. The molecule has 23 heavy (non-hydrogen) atoms. The second kappa shape index (κ2) is 7.43. The van der Waals surface area contributed by atoms with E-state index in [9.17, 15) is 4.79 Å². The van der Waals surface area contributed by atoms with Crippen molar-refractivity contribution in [3.63, 3.8) is 0 Å². The Morgan fingerprint density at radius 1 is 1.35 bits per heavy atom. The molecule has 0 aliphatic carbocycles. The first kappa shape index (κ1) is 15.8. The van der Waals surface area contributed by atoms with Crippen molar-refractivity contribution in [3.05, 3.63) is 69.6 Å². The molecular formula is C16H16N4OS2. The van der Waals surface area contributed by atoms with E-state index in [2.05, 4.69) is 22.1 Å². The van der Waals surface area contributed by atoms with E-state index in [0.29, 0.717) is 22.4 Å². The number of rotatable bonds is 5. The van der Waals surface area contributed by atoms with Crippen LogP contribution < -0.4 is 11.3 Å². The summed E-state index contributed by atoms with van der Waals surface area (Å²) in [4.78, 5) is 21.4. The van der Waals surface area contributed by atoms with Gasteiger partial charge < -0.3 is 5.73 Å². The van der Waals surface area contributed by atoms with Crippen molar-refractivity contribution in [2.24, 2.45) is 10.7 Å². The molecule has 0 aliphatic heterocycles. The number of benzene rings is 1. The van der Waals surface area contributed by atoms with Crippen LogP contribution in [0.5, 0.6) is 0 Å². The van der Waals surface area contributed by atoms with Crippen LogP contribution in [-0.2, 0) is 12.2 Å². The van der Waals surface area contributed by atoms with Gasteiger partial charge in [-0.3, -0.25) is 14.2 Å². The van der Waals surface area contributed by atoms with Crippen molar-refractivity contribution < 1.29 is 0 Å². The summed E-state index contributed by atoms with van der Waals surface area (Å²) < 4.78 is 1.54. The third-order valence-electron chi connectivity index (χ3n) is 3.24. The van der Waals surface area contributed by atoms with Gasteiger partial charge in [-0.2, -0.15) is 0 Å². The van der Waals surface area contributed by atoms with Crippen LogP contribution >= 0.6 is 23.1 Å². The van der Waals surface area contributed by atoms with Crippen LogP contribution in [0.4, 0.5) is 0 Å². The number of nitrogens with zero attached hydrogens (tertiary/aromatic N) is 3. The average Bonchev–Trinajstić information content (AvgIpc) is 3.03. The molecular weight excluding hydrogens is 328 g/mol. The summed E-state index contributed by atoms with van der Waals surface area (Å²) in [5.74, 6) is 0.546. The molecule has 0 saturated carbocycles. The number of thiazole rings is 1. The number of thioether (sulfide) groups is 1. The number of hydrogen-bond donors (Lipinski definition) is 1. The van der Waals surface area contributed by atoms with E-state index in [1.54, 1.807) is 12.3 Å². The van der Waals surface area contributed by atoms with Crippen LogP contribution in [0.3, 0.4) is 0 Å². The molecule has 0 amide bonds. The summed E-state index contributed by atoms with van der Waals surface area (Å²) in [6, 6.07) is 11.7. The van der Waals surface area contributed by atoms with Gasteiger partial charge in [0.2, 0.25) is 0 Å². The van der Waals surface area contributed by atoms with E-state index in [1.165, 1.54) is 33.1 Å². The molecule has 2 N–H and O–H groups in total. The number of fused-ring (bicyclic) bond motifs is 1. The predicted octanol–water partition coefficient (Wildman–Crippen LogP) is 2.55. The highest BCUT2D eigenvalue weighted by molar-refractivity contribution is 8.13. The third kappa shape index (κ3) is 4.20. The van der Waals surface area contributed by atoms with Crippen molar-refractivity contribution in [3.8, 4) is 0 Å². The first-order valence-corrected chi connectivity index (χ1v) is 9.01. The summed E-state index contributed by atoms with van der Waals surface area (Å²) >= 11 is 2.85. The fraction of sp³-hybridized carbons (Fsp3) is 0.188. The van der Waals surface area contributed by atoms with Gasteiger partial charge in [0.05, 0.1) is 5.69 Å². The summed E-state index contributed by atoms with van der Waals surface area (Å²) in [7, 11) is 0. The molecule has 0 radical (unpaired) electrons. The molecule has 7 heteroatoms. The maximum absolute atomic E-state index is 11.9. The summed E-state index contributed by atoms with van der Waals surface area (Å²) in [6.45, 7) is 0.656. The monoisotopic (exact) mass is 344 g/mol. The van der Waals surface area contributed by atoms with Crippen LogP contribution in [0.1, 0.15) is 11.3 Å². The van der Waals surface area contributed by atoms with E-state index in [-0.39, 0.29) is 5.56 Å². The van der Waals surface area contributed by atoms with Gasteiger partial charge in [-0.25, -0.2) is 4.98 Å². The van der Waals surface area contributed by atoms with Crippen molar-refractivity contribution in [1.29, 1.82) is 0 Å². The van der Waals surface area contributed by atoms with E-state index in [0.717, 1.165) is 12.1 Å². The molecule has 2 aromatic heterocycles.